The van der Waals surface area contributed by atoms with Crippen molar-refractivity contribution in [2.75, 3.05) is 11.9 Å². The minimum absolute atomic E-state index is 0.0240. The molecule has 2 rings (SSSR count). The van der Waals surface area contributed by atoms with Crippen molar-refractivity contribution in [2.45, 2.75) is 32.7 Å². The second-order valence-electron chi connectivity index (χ2n) is 5.71. The van der Waals surface area contributed by atoms with Crippen LogP contribution in [0, 0.1) is 5.92 Å². The van der Waals surface area contributed by atoms with Gasteiger partial charge in [0.25, 0.3) is 0 Å². The quantitative estimate of drug-likeness (QED) is 0.871. The highest BCUT2D eigenvalue weighted by Crippen LogP contribution is 2.28. The Morgan fingerprint density at radius 1 is 1.43 bits per heavy atom. The number of halogens is 1. The van der Waals surface area contributed by atoms with Crippen LogP contribution in [-0.4, -0.2) is 34.6 Å². The Hall–Kier alpha value is -1.75. The van der Waals surface area contributed by atoms with E-state index in [9.17, 15) is 9.59 Å². The Morgan fingerprint density at radius 2 is 2.10 bits per heavy atom. The maximum atomic E-state index is 12.3. The predicted molar refractivity (Wildman–Crippen MR) is 82.0 cm³/mol. The average Bonchev–Trinajstić information content (AvgIpc) is 3.19. The van der Waals surface area contributed by atoms with Gasteiger partial charge in [0.05, 0.1) is 10.6 Å². The molecule has 1 saturated carbocycles. The van der Waals surface area contributed by atoms with Crippen molar-refractivity contribution in [3.8, 4) is 0 Å². The number of hydrogen-bond acceptors (Lipinski definition) is 2. The van der Waals surface area contributed by atoms with Gasteiger partial charge < -0.3 is 15.3 Å². The van der Waals surface area contributed by atoms with Crippen LogP contribution in [0.15, 0.2) is 18.2 Å². The SMILES string of the molecule is CC(C)CN(C(=O)Nc1ccc(C(=O)O)c(Cl)c1)C1CC1. The van der Waals surface area contributed by atoms with Gasteiger partial charge in [0.15, 0.2) is 0 Å². The number of carboxylic acid groups (broad SMARTS) is 1. The first-order chi connectivity index (χ1) is 9.88. The van der Waals surface area contributed by atoms with E-state index < -0.39 is 5.97 Å². The van der Waals surface area contributed by atoms with Crippen LogP contribution in [0.5, 0.6) is 0 Å². The highest BCUT2D eigenvalue weighted by atomic mass is 35.5. The number of amides is 2. The zero-order valence-electron chi connectivity index (χ0n) is 12.1. The molecular formula is C15H19ClN2O3. The Bertz CT molecular complexity index is 556. The minimum Gasteiger partial charge on any atom is -0.478 e. The van der Waals surface area contributed by atoms with Gasteiger partial charge in [-0.25, -0.2) is 9.59 Å². The molecule has 1 aliphatic carbocycles. The fraction of sp³-hybridized carbons (Fsp3) is 0.467. The number of carbonyl (C=O) groups excluding carboxylic acids is 1. The van der Waals surface area contributed by atoms with Gasteiger partial charge in [-0.2, -0.15) is 0 Å². The number of rotatable bonds is 5. The van der Waals surface area contributed by atoms with Crippen molar-refractivity contribution in [3.63, 3.8) is 0 Å². The number of benzene rings is 1. The van der Waals surface area contributed by atoms with E-state index in [1.54, 1.807) is 6.07 Å². The van der Waals surface area contributed by atoms with Crippen molar-refractivity contribution >= 4 is 29.3 Å². The largest absolute Gasteiger partial charge is 0.478 e. The summed E-state index contributed by atoms with van der Waals surface area (Å²) in [6.07, 6.45) is 2.08. The van der Waals surface area contributed by atoms with E-state index in [-0.39, 0.29) is 16.6 Å². The highest BCUT2D eigenvalue weighted by molar-refractivity contribution is 6.33. The molecule has 1 aromatic carbocycles. The fourth-order valence-electron chi connectivity index (χ4n) is 2.14. The second kappa shape index (κ2) is 6.35. The molecule has 21 heavy (non-hydrogen) atoms. The molecule has 0 radical (unpaired) electrons. The maximum absolute atomic E-state index is 12.3. The van der Waals surface area contributed by atoms with Gasteiger partial charge >= 0.3 is 12.0 Å². The fourth-order valence-corrected chi connectivity index (χ4v) is 2.40. The van der Waals surface area contributed by atoms with Crippen molar-refractivity contribution in [2.24, 2.45) is 5.92 Å². The molecule has 0 saturated heterocycles. The lowest BCUT2D eigenvalue weighted by Gasteiger charge is -2.24. The van der Waals surface area contributed by atoms with Gasteiger partial charge in [-0.3, -0.25) is 0 Å². The van der Waals surface area contributed by atoms with Crippen molar-refractivity contribution in [1.29, 1.82) is 0 Å². The predicted octanol–water partition coefficient (Wildman–Crippen LogP) is 3.69. The summed E-state index contributed by atoms with van der Waals surface area (Å²) in [6, 6.07) is 4.56. The molecule has 0 spiro atoms. The van der Waals surface area contributed by atoms with Gasteiger partial charge in [-0.05, 0) is 37.0 Å². The van der Waals surface area contributed by atoms with E-state index in [1.165, 1.54) is 12.1 Å². The summed E-state index contributed by atoms with van der Waals surface area (Å²) < 4.78 is 0. The van der Waals surface area contributed by atoms with Crippen molar-refractivity contribution in [3.05, 3.63) is 28.8 Å². The molecule has 1 aromatic rings. The van der Waals surface area contributed by atoms with Crippen LogP contribution in [0.2, 0.25) is 5.02 Å². The van der Waals surface area contributed by atoms with Gasteiger partial charge in [-0.1, -0.05) is 25.4 Å². The van der Waals surface area contributed by atoms with Crippen molar-refractivity contribution in [1.82, 2.24) is 4.90 Å². The number of carboxylic acids is 1. The molecule has 1 aliphatic rings. The van der Waals surface area contributed by atoms with E-state index in [0.717, 1.165) is 12.8 Å². The van der Waals surface area contributed by atoms with Crippen molar-refractivity contribution < 1.29 is 14.7 Å². The first-order valence-electron chi connectivity index (χ1n) is 6.99. The Balaban J connectivity index is 2.07. The number of anilines is 1. The Labute approximate surface area is 128 Å². The van der Waals surface area contributed by atoms with Crippen LogP contribution in [-0.2, 0) is 0 Å². The van der Waals surface area contributed by atoms with Crippen LogP contribution >= 0.6 is 11.6 Å². The lowest BCUT2D eigenvalue weighted by molar-refractivity contribution is 0.0697. The summed E-state index contributed by atoms with van der Waals surface area (Å²) in [5.74, 6) is -0.688. The first-order valence-corrected chi connectivity index (χ1v) is 7.36. The van der Waals surface area contributed by atoms with E-state index in [2.05, 4.69) is 19.2 Å². The standard InChI is InChI=1S/C15H19ClN2O3/c1-9(2)8-18(11-4-5-11)15(21)17-10-3-6-12(14(19)20)13(16)7-10/h3,6-7,9,11H,4-5,8H2,1-2H3,(H,17,21)(H,19,20). The number of nitrogens with one attached hydrogen (secondary N) is 1. The summed E-state index contributed by atoms with van der Waals surface area (Å²) in [5.41, 5.74) is 0.528. The van der Waals surface area contributed by atoms with Crippen LogP contribution in [0.3, 0.4) is 0 Å². The average molecular weight is 311 g/mol. The summed E-state index contributed by atoms with van der Waals surface area (Å²) in [4.78, 5) is 25.1. The lowest BCUT2D eigenvalue weighted by atomic mass is 10.2. The molecule has 114 valence electrons. The van der Waals surface area contributed by atoms with Crippen LogP contribution in [0.25, 0.3) is 0 Å². The number of nitrogens with zero attached hydrogens (tertiary/aromatic N) is 1. The third-order valence-corrected chi connectivity index (χ3v) is 3.57. The molecule has 0 unspecified atom stereocenters. The summed E-state index contributed by atoms with van der Waals surface area (Å²) in [6.45, 7) is 4.85. The highest BCUT2D eigenvalue weighted by Gasteiger charge is 2.32. The summed E-state index contributed by atoms with van der Waals surface area (Å²) in [7, 11) is 0. The van der Waals surface area contributed by atoms with Gasteiger partial charge in [0.2, 0.25) is 0 Å². The third-order valence-electron chi connectivity index (χ3n) is 3.26. The van der Waals surface area contributed by atoms with E-state index >= 15 is 0 Å². The summed E-state index contributed by atoms with van der Waals surface area (Å²) >= 11 is 5.90. The van der Waals surface area contributed by atoms with Crippen LogP contribution in [0.4, 0.5) is 10.5 Å². The molecule has 0 aromatic heterocycles. The van der Waals surface area contributed by atoms with E-state index in [1.807, 2.05) is 4.90 Å². The second-order valence-corrected chi connectivity index (χ2v) is 6.11. The molecule has 2 N–H and O–H groups in total. The lowest BCUT2D eigenvalue weighted by Crippen LogP contribution is -2.39. The van der Waals surface area contributed by atoms with Gasteiger partial charge in [0, 0.05) is 18.3 Å². The summed E-state index contributed by atoms with van der Waals surface area (Å²) in [5, 5.41) is 11.8. The molecule has 0 bridgehead atoms. The third kappa shape index (κ3) is 4.11. The van der Waals surface area contributed by atoms with Gasteiger partial charge in [-0.15, -0.1) is 0 Å². The zero-order valence-corrected chi connectivity index (χ0v) is 12.9. The monoisotopic (exact) mass is 310 g/mol. The normalized spacial score (nSPS) is 14.1. The molecule has 5 nitrogen and oxygen atoms in total. The molecule has 2 amide bonds. The molecule has 0 aliphatic heterocycles. The number of carbonyl (C=O) groups is 2. The molecule has 0 atom stereocenters. The first kappa shape index (κ1) is 15.6. The molecule has 1 fully saturated rings. The van der Waals surface area contributed by atoms with E-state index in [4.69, 9.17) is 16.7 Å². The zero-order chi connectivity index (χ0) is 15.6. The molecular weight excluding hydrogens is 292 g/mol. The maximum Gasteiger partial charge on any atom is 0.337 e. The number of hydrogen-bond donors (Lipinski definition) is 2. The minimum atomic E-state index is -1.09. The Kier molecular flexibility index (Phi) is 4.73. The van der Waals surface area contributed by atoms with Crippen LogP contribution < -0.4 is 5.32 Å². The number of urea groups is 1. The van der Waals surface area contributed by atoms with Gasteiger partial charge in [0.1, 0.15) is 0 Å². The smallest absolute Gasteiger partial charge is 0.337 e. The molecule has 0 heterocycles. The van der Waals surface area contributed by atoms with E-state index in [0.29, 0.717) is 24.2 Å². The topological polar surface area (TPSA) is 69.6 Å². The van der Waals surface area contributed by atoms with Crippen LogP contribution in [0.1, 0.15) is 37.0 Å². The number of aromatic carboxylic acids is 1. The molecule has 6 heteroatoms. The Morgan fingerprint density at radius 3 is 2.57 bits per heavy atom.